The monoisotopic (exact) mass is 503 g/mol. The first-order valence-corrected chi connectivity index (χ1v) is 12.6. The first kappa shape index (κ1) is 26.2. The minimum atomic E-state index is 0.0281. The van der Waals surface area contributed by atoms with Crippen LogP contribution in [-0.2, 0) is 22.7 Å². The molecule has 0 aliphatic heterocycles. The van der Waals surface area contributed by atoms with Gasteiger partial charge in [0.25, 0.3) is 0 Å². The van der Waals surface area contributed by atoms with E-state index in [-0.39, 0.29) is 18.4 Å². The molecule has 0 saturated carbocycles. The Labute approximate surface area is 201 Å². The highest BCUT2D eigenvalue weighted by molar-refractivity contribution is 9.10. The SMILES string of the molecule is CCCCN(Cc1cccn1Cc1ccc(Br)cc1)C(=O)CN(CCC(C)C)C(=O)CC. The first-order valence-electron chi connectivity index (χ1n) is 11.8. The summed E-state index contributed by atoms with van der Waals surface area (Å²) >= 11 is 3.49. The van der Waals surface area contributed by atoms with Crippen LogP contribution in [-0.4, -0.2) is 45.8 Å². The fraction of sp³-hybridized carbons (Fsp3) is 0.538. The molecule has 6 heteroatoms. The number of aromatic nitrogens is 1. The van der Waals surface area contributed by atoms with E-state index in [1.165, 1.54) is 5.56 Å². The average Bonchev–Trinajstić information content (AvgIpc) is 3.21. The summed E-state index contributed by atoms with van der Waals surface area (Å²) in [5.74, 6) is 0.573. The zero-order valence-corrected chi connectivity index (χ0v) is 21.6. The van der Waals surface area contributed by atoms with E-state index in [0.29, 0.717) is 32.0 Å². The van der Waals surface area contributed by atoms with Crippen molar-refractivity contribution in [3.63, 3.8) is 0 Å². The molecule has 1 heterocycles. The predicted octanol–water partition coefficient (Wildman–Crippen LogP) is 5.71. The second-order valence-corrected chi connectivity index (χ2v) is 9.69. The summed E-state index contributed by atoms with van der Waals surface area (Å²) in [7, 11) is 0. The van der Waals surface area contributed by atoms with Gasteiger partial charge in [0, 0.05) is 42.4 Å². The van der Waals surface area contributed by atoms with E-state index in [2.05, 4.69) is 65.7 Å². The number of unbranched alkanes of at least 4 members (excludes halogenated alkanes) is 1. The van der Waals surface area contributed by atoms with Crippen LogP contribution in [0.15, 0.2) is 47.1 Å². The fourth-order valence-electron chi connectivity index (χ4n) is 3.56. The predicted molar refractivity (Wildman–Crippen MR) is 134 cm³/mol. The largest absolute Gasteiger partial charge is 0.345 e. The van der Waals surface area contributed by atoms with Crippen LogP contribution in [0.1, 0.15) is 64.6 Å². The summed E-state index contributed by atoms with van der Waals surface area (Å²) in [5, 5.41) is 0. The second-order valence-electron chi connectivity index (χ2n) is 8.77. The van der Waals surface area contributed by atoms with Gasteiger partial charge in [0.2, 0.25) is 11.8 Å². The third kappa shape index (κ3) is 8.45. The van der Waals surface area contributed by atoms with Gasteiger partial charge in [0.05, 0.1) is 13.1 Å². The van der Waals surface area contributed by atoms with Gasteiger partial charge in [-0.15, -0.1) is 0 Å². The number of carbonyl (C=O) groups is 2. The van der Waals surface area contributed by atoms with Gasteiger partial charge >= 0.3 is 0 Å². The van der Waals surface area contributed by atoms with Crippen LogP contribution in [0, 0.1) is 5.92 Å². The van der Waals surface area contributed by atoms with Gasteiger partial charge in [-0.1, -0.05) is 62.2 Å². The van der Waals surface area contributed by atoms with Gasteiger partial charge in [0.1, 0.15) is 0 Å². The molecule has 0 spiro atoms. The smallest absolute Gasteiger partial charge is 0.242 e. The third-order valence-corrected chi connectivity index (χ3v) is 6.16. The molecular weight excluding hydrogens is 466 g/mol. The maximum atomic E-state index is 13.3. The Bertz CT molecular complexity index is 845. The molecule has 0 saturated heterocycles. The van der Waals surface area contributed by atoms with E-state index in [1.807, 2.05) is 30.0 Å². The highest BCUT2D eigenvalue weighted by atomic mass is 79.9. The standard InChI is InChI=1S/C26H38BrN3O2/c1-5-7-15-29(26(32)20-30(25(31)6-2)17-14-21(3)4)19-24-9-8-16-28(24)18-22-10-12-23(27)13-11-22/h8-13,16,21H,5-7,14-15,17-20H2,1-4H3. The molecule has 2 rings (SSSR count). The normalized spacial score (nSPS) is 11.1. The molecule has 2 aromatic rings. The summed E-state index contributed by atoms with van der Waals surface area (Å²) in [5.41, 5.74) is 2.32. The Balaban J connectivity index is 2.12. The maximum Gasteiger partial charge on any atom is 0.242 e. The average molecular weight is 505 g/mol. The molecule has 0 N–H and O–H groups in total. The number of carbonyl (C=O) groups excluding carboxylic acids is 2. The van der Waals surface area contributed by atoms with Gasteiger partial charge in [-0.25, -0.2) is 0 Å². The van der Waals surface area contributed by atoms with Crippen molar-refractivity contribution >= 4 is 27.7 Å². The van der Waals surface area contributed by atoms with Gasteiger partial charge in [-0.2, -0.15) is 0 Å². The molecule has 0 unspecified atom stereocenters. The molecule has 0 radical (unpaired) electrons. The van der Waals surface area contributed by atoms with Crippen LogP contribution < -0.4 is 0 Å². The minimum Gasteiger partial charge on any atom is -0.345 e. The maximum absolute atomic E-state index is 13.3. The van der Waals surface area contributed by atoms with Crippen molar-refractivity contribution in [2.45, 2.75) is 66.5 Å². The lowest BCUT2D eigenvalue weighted by atomic mass is 10.1. The van der Waals surface area contributed by atoms with E-state index in [1.54, 1.807) is 4.90 Å². The lowest BCUT2D eigenvalue weighted by Crippen LogP contribution is -2.43. The minimum absolute atomic E-state index is 0.0281. The molecule has 2 amide bonds. The quantitative estimate of drug-likeness (QED) is 0.351. The molecule has 1 aromatic carbocycles. The highest BCUT2D eigenvalue weighted by Gasteiger charge is 2.21. The number of benzene rings is 1. The Morgan fingerprint density at radius 1 is 1.00 bits per heavy atom. The van der Waals surface area contributed by atoms with Gasteiger partial charge in [0.15, 0.2) is 0 Å². The van der Waals surface area contributed by atoms with Crippen LogP contribution in [0.3, 0.4) is 0 Å². The Kier molecular flexibility index (Phi) is 11.0. The molecule has 0 fully saturated rings. The molecular formula is C26H38BrN3O2. The van der Waals surface area contributed by atoms with Crippen LogP contribution in [0.2, 0.25) is 0 Å². The molecule has 176 valence electrons. The lowest BCUT2D eigenvalue weighted by molar-refractivity contribution is -0.141. The molecule has 5 nitrogen and oxygen atoms in total. The number of rotatable bonds is 13. The summed E-state index contributed by atoms with van der Waals surface area (Å²) in [6.07, 6.45) is 5.37. The highest BCUT2D eigenvalue weighted by Crippen LogP contribution is 2.15. The van der Waals surface area contributed by atoms with Gasteiger partial charge in [-0.3, -0.25) is 9.59 Å². The molecule has 0 aliphatic rings. The van der Waals surface area contributed by atoms with Crippen molar-refractivity contribution in [2.75, 3.05) is 19.6 Å². The van der Waals surface area contributed by atoms with E-state index in [9.17, 15) is 9.59 Å². The molecule has 0 atom stereocenters. The van der Waals surface area contributed by atoms with Crippen LogP contribution in [0.4, 0.5) is 0 Å². The molecule has 32 heavy (non-hydrogen) atoms. The van der Waals surface area contributed by atoms with E-state index in [0.717, 1.165) is 36.0 Å². The van der Waals surface area contributed by atoms with Crippen molar-refractivity contribution in [1.82, 2.24) is 14.4 Å². The Morgan fingerprint density at radius 3 is 2.34 bits per heavy atom. The van der Waals surface area contributed by atoms with Crippen LogP contribution in [0.5, 0.6) is 0 Å². The topological polar surface area (TPSA) is 45.6 Å². The van der Waals surface area contributed by atoms with Crippen molar-refractivity contribution < 1.29 is 9.59 Å². The summed E-state index contributed by atoms with van der Waals surface area (Å²) in [6, 6.07) is 12.4. The van der Waals surface area contributed by atoms with Crippen molar-refractivity contribution in [3.05, 3.63) is 58.3 Å². The van der Waals surface area contributed by atoms with Gasteiger partial charge in [-0.05, 0) is 48.6 Å². The lowest BCUT2D eigenvalue weighted by Gasteiger charge is -2.28. The van der Waals surface area contributed by atoms with Gasteiger partial charge < -0.3 is 14.4 Å². The van der Waals surface area contributed by atoms with E-state index in [4.69, 9.17) is 0 Å². The molecule has 0 aliphatic carbocycles. The second kappa shape index (κ2) is 13.5. The number of amides is 2. The summed E-state index contributed by atoms with van der Waals surface area (Å²) < 4.78 is 3.26. The summed E-state index contributed by atoms with van der Waals surface area (Å²) in [6.45, 7) is 11.1. The van der Waals surface area contributed by atoms with E-state index < -0.39 is 0 Å². The third-order valence-electron chi connectivity index (χ3n) is 5.63. The van der Waals surface area contributed by atoms with Crippen molar-refractivity contribution in [1.29, 1.82) is 0 Å². The molecule has 0 bridgehead atoms. The van der Waals surface area contributed by atoms with Crippen molar-refractivity contribution in [2.24, 2.45) is 5.92 Å². The Morgan fingerprint density at radius 2 is 1.72 bits per heavy atom. The van der Waals surface area contributed by atoms with E-state index >= 15 is 0 Å². The number of hydrogen-bond donors (Lipinski definition) is 0. The Hall–Kier alpha value is -2.08. The van der Waals surface area contributed by atoms with Crippen LogP contribution >= 0.6 is 15.9 Å². The number of nitrogens with zero attached hydrogens (tertiary/aromatic N) is 3. The summed E-state index contributed by atoms with van der Waals surface area (Å²) in [4.78, 5) is 29.4. The van der Waals surface area contributed by atoms with Crippen LogP contribution in [0.25, 0.3) is 0 Å². The fourth-order valence-corrected chi connectivity index (χ4v) is 3.83. The molecule has 1 aromatic heterocycles. The number of hydrogen-bond acceptors (Lipinski definition) is 2. The zero-order valence-electron chi connectivity index (χ0n) is 20.0. The number of halogens is 1. The first-order chi connectivity index (χ1) is 15.3. The van der Waals surface area contributed by atoms with Crippen molar-refractivity contribution in [3.8, 4) is 0 Å². The zero-order chi connectivity index (χ0) is 23.5.